The number of hydrogen-bond acceptors (Lipinski definition) is 4. The first-order chi connectivity index (χ1) is 21.7. The summed E-state index contributed by atoms with van der Waals surface area (Å²) in [7, 11) is -3.54. The summed E-state index contributed by atoms with van der Waals surface area (Å²) in [4.78, 5) is 18.6. The van der Waals surface area contributed by atoms with Gasteiger partial charge in [0.25, 0.3) is 0 Å². The molecule has 0 radical (unpaired) electrons. The second kappa shape index (κ2) is 18.4. The Morgan fingerprint density at radius 2 is 1.79 bits per heavy atom. The summed E-state index contributed by atoms with van der Waals surface area (Å²) in [5.41, 5.74) is -0.182. The van der Waals surface area contributed by atoms with Gasteiger partial charge in [-0.2, -0.15) is 26.3 Å². The van der Waals surface area contributed by atoms with Gasteiger partial charge in [0.2, 0.25) is 5.91 Å². The van der Waals surface area contributed by atoms with Gasteiger partial charge in [-0.1, -0.05) is 44.6 Å². The van der Waals surface area contributed by atoms with Crippen molar-refractivity contribution in [3.8, 4) is 0 Å². The average molecular weight is 698 g/mol. The number of halogens is 7. The second-order valence-corrected chi connectivity index (χ2v) is 13.8. The lowest BCUT2D eigenvalue weighted by molar-refractivity contribution is -0.179. The zero-order valence-electron chi connectivity index (χ0n) is 27.8. The highest BCUT2D eigenvalue weighted by molar-refractivity contribution is 7.91. The Kier molecular flexibility index (Phi) is 16.4. The van der Waals surface area contributed by atoms with E-state index in [-0.39, 0.29) is 48.8 Å². The molecule has 2 aromatic rings. The average Bonchev–Trinajstić information content (AvgIpc) is 3.42. The summed E-state index contributed by atoms with van der Waals surface area (Å²) in [6, 6.07) is 1.26. The van der Waals surface area contributed by atoms with Gasteiger partial charge in [0.1, 0.15) is 11.6 Å². The van der Waals surface area contributed by atoms with Gasteiger partial charge in [-0.15, -0.1) is 6.58 Å². The number of amides is 1. The molecule has 0 N–H and O–H groups in total. The van der Waals surface area contributed by atoms with Crippen molar-refractivity contribution in [3.63, 3.8) is 0 Å². The monoisotopic (exact) mass is 697 g/mol. The Morgan fingerprint density at radius 3 is 2.26 bits per heavy atom. The Bertz CT molecular complexity index is 1450. The number of carbonyl (C=O) groups is 1. The molecule has 266 valence electrons. The van der Waals surface area contributed by atoms with E-state index in [1.165, 1.54) is 25.6 Å². The van der Waals surface area contributed by atoms with Crippen molar-refractivity contribution < 1.29 is 43.9 Å². The molecular formula is C33H46F7N3O3S. The fraction of sp³-hybridized carbons (Fsp3) is 0.576. The molecule has 2 heterocycles. The van der Waals surface area contributed by atoms with Crippen LogP contribution in [0.1, 0.15) is 89.5 Å². The predicted octanol–water partition coefficient (Wildman–Crippen LogP) is 8.68. The van der Waals surface area contributed by atoms with Crippen molar-refractivity contribution in [2.45, 2.75) is 98.6 Å². The number of benzene rings is 1. The van der Waals surface area contributed by atoms with Crippen molar-refractivity contribution >= 4 is 15.7 Å². The van der Waals surface area contributed by atoms with Gasteiger partial charge in [0, 0.05) is 31.5 Å². The quantitative estimate of drug-likeness (QED) is 0.184. The molecule has 1 amide bonds. The van der Waals surface area contributed by atoms with Crippen LogP contribution in [0.2, 0.25) is 0 Å². The molecule has 0 saturated carbocycles. The van der Waals surface area contributed by atoms with Crippen LogP contribution in [0.4, 0.5) is 30.7 Å². The third-order valence-corrected chi connectivity index (χ3v) is 9.24. The Balaban J connectivity index is 0.000000961. The summed E-state index contributed by atoms with van der Waals surface area (Å²) in [5, 5.41) is 0. The van der Waals surface area contributed by atoms with Crippen LogP contribution >= 0.6 is 0 Å². The molecule has 0 fully saturated rings. The lowest BCUT2D eigenvalue weighted by Gasteiger charge is -2.28. The molecule has 2 atom stereocenters. The first kappa shape index (κ1) is 41.9. The molecule has 1 aliphatic heterocycles. The highest BCUT2D eigenvalue weighted by atomic mass is 32.2. The molecular weight excluding hydrogens is 651 g/mol. The van der Waals surface area contributed by atoms with E-state index in [4.69, 9.17) is 0 Å². The smallest absolute Gasteiger partial charge is 0.335 e. The molecule has 47 heavy (non-hydrogen) atoms. The number of aryl methyl sites for hydroxylation is 1. The normalized spacial score (nSPS) is 15.6. The topological polar surface area (TPSA) is 72.3 Å². The predicted molar refractivity (Wildman–Crippen MR) is 170 cm³/mol. The molecule has 1 aromatic carbocycles. The third kappa shape index (κ3) is 13.8. The second-order valence-electron chi connectivity index (χ2n) is 11.3. The molecule has 2 unspecified atom stereocenters. The minimum atomic E-state index is -4.98. The summed E-state index contributed by atoms with van der Waals surface area (Å²) in [6.45, 7) is 14.6. The fourth-order valence-corrected chi connectivity index (χ4v) is 5.18. The molecule has 0 aliphatic carbocycles. The molecule has 1 aliphatic rings. The van der Waals surface area contributed by atoms with Gasteiger partial charge >= 0.3 is 12.4 Å². The maximum absolute atomic E-state index is 13.7. The van der Waals surface area contributed by atoms with Crippen LogP contribution < -0.4 is 0 Å². The van der Waals surface area contributed by atoms with Gasteiger partial charge in [-0.25, -0.2) is 17.8 Å². The molecule has 3 rings (SSSR count). The van der Waals surface area contributed by atoms with Crippen LogP contribution in [0.5, 0.6) is 0 Å². The van der Waals surface area contributed by atoms with E-state index in [9.17, 15) is 43.9 Å². The van der Waals surface area contributed by atoms with Gasteiger partial charge in [0.05, 0.1) is 35.4 Å². The van der Waals surface area contributed by atoms with Crippen molar-refractivity contribution in [2.24, 2.45) is 5.92 Å². The number of nitrogens with zero attached hydrogens (tertiary/aromatic N) is 3. The molecule has 14 heteroatoms. The largest absolute Gasteiger partial charge is 0.419 e. The Morgan fingerprint density at radius 1 is 1.17 bits per heavy atom. The van der Waals surface area contributed by atoms with E-state index in [0.717, 1.165) is 23.8 Å². The number of sulfone groups is 1. The molecule has 0 spiro atoms. The van der Waals surface area contributed by atoms with Crippen LogP contribution in [-0.2, 0) is 40.2 Å². The molecule has 0 bridgehead atoms. The molecule has 1 aromatic heterocycles. The first-order valence-corrected chi connectivity index (χ1v) is 17.3. The summed E-state index contributed by atoms with van der Waals surface area (Å²) < 4.78 is 118. The number of allylic oxidation sites excluding steroid dienone is 3. The van der Waals surface area contributed by atoms with Crippen LogP contribution in [-0.4, -0.2) is 53.0 Å². The van der Waals surface area contributed by atoms with E-state index >= 15 is 0 Å². The number of rotatable bonds is 10. The van der Waals surface area contributed by atoms with E-state index < -0.39 is 63.6 Å². The fourth-order valence-electron chi connectivity index (χ4n) is 4.42. The van der Waals surface area contributed by atoms with Crippen LogP contribution in [0, 0.1) is 11.7 Å². The number of imidazole rings is 1. The zero-order valence-corrected chi connectivity index (χ0v) is 28.6. The van der Waals surface area contributed by atoms with Gasteiger partial charge in [-0.3, -0.25) is 4.79 Å². The first-order valence-electron chi connectivity index (χ1n) is 15.4. The maximum Gasteiger partial charge on any atom is 0.419 e. The number of fused-ring (bicyclic) bond motifs is 1. The highest BCUT2D eigenvalue weighted by Crippen LogP contribution is 2.36. The SMILES string of the molecule is C/C=C\CC.C=C(C)CC.CCS(=O)(=O)CCN(C(=O)Cc1ccc(F)c(C(F)(F)F)c1)C(C)c1cn2c(n1)CC(C(F)(F)F)CC2. The van der Waals surface area contributed by atoms with E-state index in [0.29, 0.717) is 12.1 Å². The van der Waals surface area contributed by atoms with Gasteiger partial charge in [-0.05, 0) is 57.7 Å². The summed E-state index contributed by atoms with van der Waals surface area (Å²) in [6.07, 6.45) is -2.46. The standard InChI is InChI=1S/C23H26F7N3O3S.2C5H10/c1-3-37(35,36)9-8-33(21(34)11-15-4-5-18(24)17(10-15)23(28,29)30)14(2)19-13-32-7-6-16(22(25,26)27)12-20(32)31-19;1-4-5(2)3;1-3-5-4-2/h4-5,10,13-14,16H,3,6-9,11-12H2,1-2H3;2,4H2,1,3H3;3,5H,4H2,1-2H3/b;;5-3-. The molecule has 6 nitrogen and oxygen atoms in total. The number of carbonyl (C=O) groups excluding carboxylic acids is 1. The number of alkyl halides is 6. The lowest BCUT2D eigenvalue weighted by Crippen LogP contribution is -2.38. The van der Waals surface area contributed by atoms with E-state index in [1.54, 1.807) is 4.57 Å². The summed E-state index contributed by atoms with van der Waals surface area (Å²) >= 11 is 0. The minimum absolute atomic E-state index is 0.0627. The summed E-state index contributed by atoms with van der Waals surface area (Å²) in [5.74, 6) is -4.24. The van der Waals surface area contributed by atoms with Crippen LogP contribution in [0.15, 0.2) is 48.7 Å². The van der Waals surface area contributed by atoms with Gasteiger partial charge in [0.15, 0.2) is 9.84 Å². The van der Waals surface area contributed by atoms with Crippen molar-refractivity contribution in [2.75, 3.05) is 18.1 Å². The van der Waals surface area contributed by atoms with Crippen LogP contribution in [0.3, 0.4) is 0 Å². The van der Waals surface area contributed by atoms with Crippen molar-refractivity contribution in [3.05, 3.63) is 77.2 Å². The highest BCUT2D eigenvalue weighted by Gasteiger charge is 2.42. The lowest BCUT2D eigenvalue weighted by atomic mass is 9.97. The van der Waals surface area contributed by atoms with Crippen molar-refractivity contribution in [1.82, 2.24) is 14.5 Å². The van der Waals surface area contributed by atoms with Crippen LogP contribution in [0.25, 0.3) is 0 Å². The zero-order chi connectivity index (χ0) is 36.2. The van der Waals surface area contributed by atoms with E-state index in [2.05, 4.69) is 37.6 Å². The maximum atomic E-state index is 13.7. The Hall–Kier alpha value is -3.16. The minimum Gasteiger partial charge on any atom is -0.335 e. The molecule has 0 saturated heterocycles. The number of aromatic nitrogens is 2. The Labute approximate surface area is 273 Å². The third-order valence-electron chi connectivity index (χ3n) is 7.55. The van der Waals surface area contributed by atoms with Gasteiger partial charge < -0.3 is 9.47 Å². The number of hydrogen-bond donors (Lipinski definition) is 0. The van der Waals surface area contributed by atoms with E-state index in [1.807, 2.05) is 13.8 Å². The van der Waals surface area contributed by atoms with Crippen molar-refractivity contribution in [1.29, 1.82) is 0 Å².